The van der Waals surface area contributed by atoms with Crippen LogP contribution in [0, 0.1) is 28.4 Å². The van der Waals surface area contributed by atoms with E-state index in [0.29, 0.717) is 68.8 Å². The molecule has 1 aliphatic heterocycles. The summed E-state index contributed by atoms with van der Waals surface area (Å²) >= 11 is 0. The fourth-order valence-corrected chi connectivity index (χ4v) is 7.06. The Labute approximate surface area is 294 Å². The number of aliphatic imine (C=N–C) groups is 1. The highest BCUT2D eigenvalue weighted by Crippen LogP contribution is 2.54. The summed E-state index contributed by atoms with van der Waals surface area (Å²) in [5.74, 6) is -2.12. The van der Waals surface area contributed by atoms with Crippen molar-refractivity contribution in [1.82, 2.24) is 9.88 Å². The number of ether oxygens (including phenoxy) is 5. The van der Waals surface area contributed by atoms with Crippen molar-refractivity contribution in [2.75, 3.05) is 27.2 Å². The number of rotatable bonds is 11. The van der Waals surface area contributed by atoms with Gasteiger partial charge in [0, 0.05) is 19.7 Å². The van der Waals surface area contributed by atoms with Crippen molar-refractivity contribution < 1.29 is 37.3 Å². The maximum atomic E-state index is 16.1. The molecule has 8 rings (SSSR count). The van der Waals surface area contributed by atoms with Crippen molar-refractivity contribution in [3.63, 3.8) is 0 Å². The number of carbonyl (C=O) groups excluding carboxylic acids is 1. The molecule has 0 radical (unpaired) electrons. The lowest BCUT2D eigenvalue weighted by Gasteiger charge is -2.51. The molecule has 0 unspecified atom stereocenters. The van der Waals surface area contributed by atoms with Crippen molar-refractivity contribution >= 4 is 11.8 Å². The second-order valence-corrected chi connectivity index (χ2v) is 13.1. The zero-order valence-corrected chi connectivity index (χ0v) is 28.3. The summed E-state index contributed by atoms with van der Waals surface area (Å²) in [5, 5.41) is 9.50. The van der Waals surface area contributed by atoms with Crippen LogP contribution in [0.1, 0.15) is 55.2 Å². The van der Waals surface area contributed by atoms with Crippen LogP contribution in [0.3, 0.4) is 0 Å². The smallest absolute Gasteiger partial charge is 0.311 e. The molecule has 3 saturated carbocycles. The average molecular weight is 695 g/mol. The van der Waals surface area contributed by atoms with Gasteiger partial charge in [-0.1, -0.05) is 30.3 Å². The number of hydrogen-bond acceptors (Lipinski definition) is 10. The molecule has 0 amide bonds. The van der Waals surface area contributed by atoms with Gasteiger partial charge in [-0.15, -0.1) is 0 Å². The number of benzene rings is 3. The molecular weight excluding hydrogens is 658 g/mol. The Hall–Kier alpha value is -5.70. The van der Waals surface area contributed by atoms with E-state index in [0.717, 1.165) is 11.8 Å². The summed E-state index contributed by atoms with van der Waals surface area (Å²) in [6.07, 6.45) is 5.01. The molecule has 0 saturated heterocycles. The lowest BCUT2D eigenvalue weighted by Crippen LogP contribution is -2.52. The molecule has 12 heteroatoms. The Morgan fingerprint density at radius 2 is 1.69 bits per heavy atom. The van der Waals surface area contributed by atoms with Gasteiger partial charge in [-0.3, -0.25) is 9.79 Å². The van der Waals surface area contributed by atoms with E-state index in [4.69, 9.17) is 23.7 Å². The zero-order chi connectivity index (χ0) is 35.6. The van der Waals surface area contributed by atoms with Crippen molar-refractivity contribution in [2.24, 2.45) is 10.4 Å². The number of likely N-dealkylation sites (N-methyl/N-ethyl adjacent to an activating group) is 1. The number of fused-ring (bicyclic) bond motifs is 3. The van der Waals surface area contributed by atoms with Crippen molar-refractivity contribution in [3.8, 4) is 40.7 Å². The molecule has 3 aromatic carbocycles. The molecule has 1 aromatic heterocycles. The van der Waals surface area contributed by atoms with Gasteiger partial charge in [0.05, 0.1) is 42.5 Å². The van der Waals surface area contributed by atoms with Gasteiger partial charge in [0.25, 0.3) is 5.88 Å². The molecule has 262 valence electrons. The van der Waals surface area contributed by atoms with Gasteiger partial charge in [-0.25, -0.2) is 9.37 Å². The minimum absolute atomic E-state index is 0.0201. The van der Waals surface area contributed by atoms with Crippen LogP contribution in [0.2, 0.25) is 0 Å². The molecule has 0 atom stereocenters. The Morgan fingerprint density at radius 1 is 0.941 bits per heavy atom. The van der Waals surface area contributed by atoms with Crippen LogP contribution in [0.4, 0.5) is 8.78 Å². The molecule has 10 nitrogen and oxygen atoms in total. The summed E-state index contributed by atoms with van der Waals surface area (Å²) in [7, 11) is 3.31. The number of methoxy groups -OCH3 is 1. The Balaban J connectivity index is 1.16. The zero-order valence-electron chi connectivity index (χ0n) is 28.3. The maximum Gasteiger partial charge on any atom is 0.311 e. The lowest BCUT2D eigenvalue weighted by molar-refractivity contribution is -0.166. The van der Waals surface area contributed by atoms with E-state index in [-0.39, 0.29) is 35.4 Å². The van der Waals surface area contributed by atoms with E-state index in [2.05, 4.69) is 9.98 Å². The highest BCUT2D eigenvalue weighted by Gasteiger charge is 2.54. The molecule has 2 heterocycles. The van der Waals surface area contributed by atoms with E-state index >= 15 is 8.78 Å². The number of halogens is 2. The van der Waals surface area contributed by atoms with Crippen LogP contribution in [-0.4, -0.2) is 54.5 Å². The highest BCUT2D eigenvalue weighted by atomic mass is 19.1. The summed E-state index contributed by atoms with van der Waals surface area (Å²) in [4.78, 5) is 22.9. The molecule has 2 bridgehead atoms. The highest BCUT2D eigenvalue weighted by molar-refractivity contribution is 6.02. The summed E-state index contributed by atoms with van der Waals surface area (Å²) in [5.41, 5.74) is 0.752. The van der Waals surface area contributed by atoms with Gasteiger partial charge in [-0.05, 0) is 74.4 Å². The first kappa shape index (κ1) is 33.8. The minimum atomic E-state index is -1.18. The van der Waals surface area contributed by atoms with E-state index in [1.165, 1.54) is 13.2 Å². The maximum absolute atomic E-state index is 16.1. The van der Waals surface area contributed by atoms with Crippen molar-refractivity contribution in [3.05, 3.63) is 101 Å². The first-order chi connectivity index (χ1) is 24.7. The first-order valence-electron chi connectivity index (χ1n) is 16.8. The minimum Gasteiger partial charge on any atom is -0.487 e. The Morgan fingerprint density at radius 3 is 2.37 bits per heavy atom. The number of pyridine rings is 1. The third-order valence-electron chi connectivity index (χ3n) is 10.0. The van der Waals surface area contributed by atoms with Crippen molar-refractivity contribution in [1.29, 1.82) is 5.26 Å². The molecule has 0 N–H and O–H groups in total. The lowest BCUT2D eigenvalue weighted by atomic mass is 9.58. The largest absolute Gasteiger partial charge is 0.487 e. The summed E-state index contributed by atoms with van der Waals surface area (Å²) < 4.78 is 60.9. The Kier molecular flexibility index (Phi) is 9.21. The van der Waals surface area contributed by atoms with E-state index in [1.54, 1.807) is 30.3 Å². The number of esters is 1. The van der Waals surface area contributed by atoms with Gasteiger partial charge in [-0.2, -0.15) is 9.65 Å². The third-order valence-corrected chi connectivity index (χ3v) is 10.0. The molecule has 3 fully saturated rings. The fourth-order valence-electron chi connectivity index (χ4n) is 7.06. The van der Waals surface area contributed by atoms with Gasteiger partial charge < -0.3 is 28.6 Å². The third kappa shape index (κ3) is 6.76. The first-order valence-corrected chi connectivity index (χ1v) is 16.8. The van der Waals surface area contributed by atoms with Crippen LogP contribution >= 0.6 is 0 Å². The molecule has 0 spiro atoms. The van der Waals surface area contributed by atoms with Crippen LogP contribution in [0.5, 0.6) is 34.6 Å². The van der Waals surface area contributed by atoms with E-state index < -0.39 is 34.3 Å². The number of aromatic nitrogens is 1. The molecule has 4 aliphatic rings. The number of amidine groups is 1. The van der Waals surface area contributed by atoms with Crippen LogP contribution in [-0.2, 0) is 16.1 Å². The van der Waals surface area contributed by atoms with E-state index in [1.807, 2.05) is 48.3 Å². The van der Waals surface area contributed by atoms with Gasteiger partial charge >= 0.3 is 5.97 Å². The Bertz CT molecular complexity index is 2010. The van der Waals surface area contributed by atoms with Gasteiger partial charge in [0.2, 0.25) is 11.6 Å². The molecule has 3 aliphatic carbocycles. The number of nitriles is 1. The fraction of sp³-hybridized carbons (Fsp3) is 0.333. The van der Waals surface area contributed by atoms with Crippen LogP contribution < -0.4 is 18.9 Å². The quantitative estimate of drug-likeness (QED) is 0.146. The predicted molar refractivity (Wildman–Crippen MR) is 182 cm³/mol. The average Bonchev–Trinajstić information content (AvgIpc) is 3.60. The number of carbonyl (C=O) groups is 1. The number of hydrogen-bond donors (Lipinski definition) is 0. The monoisotopic (exact) mass is 694 g/mol. The van der Waals surface area contributed by atoms with Crippen LogP contribution in [0.15, 0.2) is 77.9 Å². The second-order valence-electron chi connectivity index (χ2n) is 13.1. The second kappa shape index (κ2) is 13.9. The van der Waals surface area contributed by atoms with Gasteiger partial charge in [0.1, 0.15) is 29.5 Å². The van der Waals surface area contributed by atoms with E-state index in [9.17, 15) is 10.1 Å². The van der Waals surface area contributed by atoms with Crippen LogP contribution in [0.25, 0.3) is 0 Å². The topological polar surface area (TPSA) is 116 Å². The normalized spacial score (nSPS) is 20.7. The molecule has 4 aromatic rings. The van der Waals surface area contributed by atoms with Crippen molar-refractivity contribution in [2.45, 2.75) is 50.7 Å². The SMILES string of the molecule is COC(=O)C12CCC(Oc3ccc(Oc4c(F)cnc(Oc5cc(C#N)ccc5OCc5ccccc5)c4F)c(C4=NCCN4C)c3)(CC1)CC2. The number of nitrogens with zero attached hydrogens (tertiary/aromatic N) is 4. The summed E-state index contributed by atoms with van der Waals surface area (Å²) in [6.45, 7) is 1.39. The van der Waals surface area contributed by atoms with Gasteiger partial charge in [0.15, 0.2) is 17.3 Å². The summed E-state index contributed by atoms with van der Waals surface area (Å²) in [6, 6.07) is 21.0. The molecular formula is C39H36F2N4O6. The molecule has 51 heavy (non-hydrogen) atoms. The predicted octanol–water partition coefficient (Wildman–Crippen LogP) is 7.73. The standard InChI is InChI=1S/C39H36F2N4O6/c1-45-19-18-43-35(45)28-21-27(51-39-15-12-38(13-16-39,14-17-39)37(46)47-2)9-11-30(28)49-34-29(40)23-44-36(33(34)41)50-32-20-26(22-42)8-10-31(32)48-24-25-6-4-3-5-7-25/h3-11,20-21,23H,12-19,24H2,1-2H3.